The van der Waals surface area contributed by atoms with E-state index in [9.17, 15) is 0 Å². The molecule has 2 rings (SSSR count). The topological polar surface area (TPSA) is 55.9 Å². The van der Waals surface area contributed by atoms with E-state index in [4.69, 9.17) is 10.9 Å². The van der Waals surface area contributed by atoms with Crippen LogP contribution in [0.5, 0.6) is 0 Å². The summed E-state index contributed by atoms with van der Waals surface area (Å²) in [5.74, 6) is 6.71. The molecule has 1 fully saturated rings. The van der Waals surface area contributed by atoms with E-state index in [2.05, 4.69) is 43.1 Å². The molecule has 0 aromatic carbocycles. The zero-order chi connectivity index (χ0) is 15.3. The van der Waals surface area contributed by atoms with Crippen LogP contribution in [0.15, 0.2) is 12.3 Å². The maximum absolute atomic E-state index is 5.70. The van der Waals surface area contributed by atoms with Crippen LogP contribution in [0, 0.1) is 0 Å². The van der Waals surface area contributed by atoms with Gasteiger partial charge in [0.05, 0.1) is 11.7 Å². The first-order valence-corrected chi connectivity index (χ1v) is 9.10. The lowest BCUT2D eigenvalue weighted by Crippen LogP contribution is -2.39. The quantitative estimate of drug-likeness (QED) is 0.625. The van der Waals surface area contributed by atoms with E-state index >= 15 is 0 Å². The van der Waals surface area contributed by atoms with Gasteiger partial charge >= 0.3 is 0 Å². The van der Waals surface area contributed by atoms with Crippen LogP contribution in [0.2, 0.25) is 0 Å². The molecule has 1 unspecified atom stereocenters. The van der Waals surface area contributed by atoms with Crippen LogP contribution in [0.1, 0.15) is 64.6 Å². The van der Waals surface area contributed by atoms with Crippen molar-refractivity contribution in [3.63, 3.8) is 0 Å². The Morgan fingerprint density at radius 2 is 2.10 bits per heavy atom. The van der Waals surface area contributed by atoms with Crippen molar-refractivity contribution in [2.24, 2.45) is 5.84 Å². The van der Waals surface area contributed by atoms with E-state index in [0.29, 0.717) is 6.04 Å². The maximum atomic E-state index is 5.70. The van der Waals surface area contributed by atoms with E-state index in [0.717, 1.165) is 17.9 Å². The van der Waals surface area contributed by atoms with Crippen LogP contribution in [-0.2, 0) is 6.42 Å². The smallest absolute Gasteiger partial charge is 0.0641 e. The van der Waals surface area contributed by atoms with Gasteiger partial charge in [0, 0.05) is 29.2 Å². The molecule has 0 aliphatic heterocycles. The second kappa shape index (κ2) is 7.65. The first-order chi connectivity index (χ1) is 9.98. The van der Waals surface area contributed by atoms with Crippen molar-refractivity contribution >= 4 is 11.8 Å². The summed E-state index contributed by atoms with van der Waals surface area (Å²) in [4.78, 5) is 0. The number of hydrogen-bond acceptors (Lipinski definition) is 4. The van der Waals surface area contributed by atoms with E-state index < -0.39 is 0 Å². The van der Waals surface area contributed by atoms with Gasteiger partial charge in [0.1, 0.15) is 0 Å². The highest BCUT2D eigenvalue weighted by atomic mass is 32.2. The van der Waals surface area contributed by atoms with Crippen molar-refractivity contribution in [3.8, 4) is 0 Å². The summed E-state index contributed by atoms with van der Waals surface area (Å²) < 4.78 is 2.45. The monoisotopic (exact) mass is 310 g/mol. The third-order valence-corrected chi connectivity index (χ3v) is 5.46. The molecule has 1 atom stereocenters. The van der Waals surface area contributed by atoms with Crippen molar-refractivity contribution in [3.05, 3.63) is 18.0 Å². The highest BCUT2D eigenvalue weighted by molar-refractivity contribution is 8.00. The van der Waals surface area contributed by atoms with Crippen LogP contribution >= 0.6 is 11.8 Å². The van der Waals surface area contributed by atoms with Gasteiger partial charge in [-0.2, -0.15) is 16.9 Å². The summed E-state index contributed by atoms with van der Waals surface area (Å²) in [5.41, 5.74) is 4.09. The molecular weight excluding hydrogens is 280 g/mol. The lowest BCUT2D eigenvalue weighted by molar-refractivity contribution is 0.327. The molecule has 1 aliphatic carbocycles. The molecule has 1 saturated carbocycles. The first kappa shape index (κ1) is 16.8. The molecule has 0 bridgehead atoms. The van der Waals surface area contributed by atoms with Gasteiger partial charge < -0.3 is 0 Å². The summed E-state index contributed by atoms with van der Waals surface area (Å²) in [5, 5.41) is 4.78. The van der Waals surface area contributed by atoms with Gasteiger partial charge in [-0.15, -0.1) is 0 Å². The Morgan fingerprint density at radius 3 is 2.71 bits per heavy atom. The Labute approximate surface area is 133 Å². The molecule has 3 N–H and O–H groups in total. The summed E-state index contributed by atoms with van der Waals surface area (Å²) in [7, 11) is 0. The molecule has 5 heteroatoms. The standard InChI is InChI=1S/C16H30N4S/c1-16(2,3)21-12-14(18-17)11-13-9-10-20(19-13)15-7-5-4-6-8-15/h9-10,14-15,18H,4-8,11-12,17H2,1-3H3. The summed E-state index contributed by atoms with van der Waals surface area (Å²) in [6, 6.07) is 3.05. The highest BCUT2D eigenvalue weighted by Gasteiger charge is 2.18. The molecular formula is C16H30N4S. The average molecular weight is 311 g/mol. The second-order valence-electron chi connectivity index (χ2n) is 7.07. The molecule has 0 saturated heterocycles. The Hall–Kier alpha value is -0.520. The van der Waals surface area contributed by atoms with Gasteiger partial charge in [-0.3, -0.25) is 16.0 Å². The zero-order valence-corrected chi connectivity index (χ0v) is 14.5. The number of nitrogens with zero attached hydrogens (tertiary/aromatic N) is 2. The Morgan fingerprint density at radius 1 is 1.38 bits per heavy atom. The number of hydrazine groups is 1. The molecule has 21 heavy (non-hydrogen) atoms. The van der Waals surface area contributed by atoms with Crippen LogP contribution in [0.3, 0.4) is 0 Å². The summed E-state index contributed by atoms with van der Waals surface area (Å²) in [6.07, 6.45) is 9.67. The van der Waals surface area contributed by atoms with E-state index in [1.54, 1.807) is 0 Å². The summed E-state index contributed by atoms with van der Waals surface area (Å²) >= 11 is 1.94. The minimum Gasteiger partial charge on any atom is -0.271 e. The predicted molar refractivity (Wildman–Crippen MR) is 91.4 cm³/mol. The molecule has 0 amide bonds. The highest BCUT2D eigenvalue weighted by Crippen LogP contribution is 2.28. The Bertz CT molecular complexity index is 418. The van der Waals surface area contributed by atoms with Gasteiger partial charge in [-0.05, 0) is 18.9 Å². The van der Waals surface area contributed by atoms with E-state index in [-0.39, 0.29) is 10.8 Å². The average Bonchev–Trinajstić information content (AvgIpc) is 2.92. The molecule has 1 heterocycles. The number of nitrogens with two attached hydrogens (primary N) is 1. The molecule has 0 radical (unpaired) electrons. The van der Waals surface area contributed by atoms with Crippen LogP contribution < -0.4 is 11.3 Å². The fraction of sp³-hybridized carbons (Fsp3) is 0.812. The summed E-state index contributed by atoms with van der Waals surface area (Å²) in [6.45, 7) is 6.72. The largest absolute Gasteiger partial charge is 0.271 e. The van der Waals surface area contributed by atoms with Gasteiger partial charge in [0.15, 0.2) is 0 Å². The molecule has 0 spiro atoms. The fourth-order valence-corrected chi connectivity index (χ4v) is 3.72. The minimum atomic E-state index is 0.274. The van der Waals surface area contributed by atoms with E-state index in [1.165, 1.54) is 32.1 Å². The number of nitrogens with one attached hydrogen (secondary N) is 1. The zero-order valence-electron chi connectivity index (χ0n) is 13.6. The minimum absolute atomic E-state index is 0.274. The molecule has 1 aromatic heterocycles. The first-order valence-electron chi connectivity index (χ1n) is 8.12. The molecule has 120 valence electrons. The molecule has 1 aliphatic rings. The molecule has 4 nitrogen and oxygen atoms in total. The predicted octanol–water partition coefficient (Wildman–Crippen LogP) is 3.29. The Kier molecular flexibility index (Phi) is 6.14. The van der Waals surface area contributed by atoms with Gasteiger partial charge in [-0.1, -0.05) is 40.0 Å². The second-order valence-corrected chi connectivity index (χ2v) is 8.92. The third kappa shape index (κ3) is 5.64. The number of rotatable bonds is 6. The van der Waals surface area contributed by atoms with Crippen molar-refractivity contribution in [1.29, 1.82) is 0 Å². The third-order valence-electron chi connectivity index (χ3n) is 4.02. The van der Waals surface area contributed by atoms with Crippen molar-refractivity contribution in [1.82, 2.24) is 15.2 Å². The SMILES string of the molecule is CC(C)(C)SCC(Cc1ccn(C2CCCCC2)n1)NN. The van der Waals surface area contributed by atoms with Gasteiger partial charge in [0.2, 0.25) is 0 Å². The van der Waals surface area contributed by atoms with Crippen molar-refractivity contribution in [2.75, 3.05) is 5.75 Å². The maximum Gasteiger partial charge on any atom is 0.0641 e. The van der Waals surface area contributed by atoms with E-state index in [1.807, 2.05) is 11.8 Å². The number of aromatic nitrogens is 2. The molecule has 1 aromatic rings. The number of thioether (sulfide) groups is 1. The lowest BCUT2D eigenvalue weighted by atomic mass is 9.96. The van der Waals surface area contributed by atoms with Crippen LogP contribution in [-0.4, -0.2) is 26.3 Å². The van der Waals surface area contributed by atoms with Crippen LogP contribution in [0.25, 0.3) is 0 Å². The normalized spacial score (nSPS) is 18.9. The van der Waals surface area contributed by atoms with Crippen LogP contribution in [0.4, 0.5) is 0 Å². The lowest BCUT2D eigenvalue weighted by Gasteiger charge is -2.23. The van der Waals surface area contributed by atoms with Crippen molar-refractivity contribution in [2.45, 2.75) is 76.1 Å². The Balaban J connectivity index is 1.87. The van der Waals surface area contributed by atoms with Gasteiger partial charge in [0.25, 0.3) is 0 Å². The fourth-order valence-electron chi connectivity index (χ4n) is 2.80. The van der Waals surface area contributed by atoms with Crippen molar-refractivity contribution < 1.29 is 0 Å². The van der Waals surface area contributed by atoms with Gasteiger partial charge in [-0.25, -0.2) is 0 Å². The number of hydrogen-bond donors (Lipinski definition) is 2.